The van der Waals surface area contributed by atoms with Gasteiger partial charge < -0.3 is 5.11 Å². The minimum Gasteiger partial charge on any atom is -0.396 e. The highest BCUT2D eigenvalue weighted by Crippen LogP contribution is 2.17. The van der Waals surface area contributed by atoms with Gasteiger partial charge in [0.05, 0.1) is 0 Å². The van der Waals surface area contributed by atoms with E-state index in [9.17, 15) is 0 Å². The summed E-state index contributed by atoms with van der Waals surface area (Å²) in [6.45, 7) is 9.11. The van der Waals surface area contributed by atoms with Crippen LogP contribution in [-0.2, 0) is 0 Å². The Morgan fingerprint density at radius 3 is 2.20 bits per heavy atom. The molecule has 0 fully saturated rings. The van der Waals surface area contributed by atoms with E-state index in [1.807, 2.05) is 0 Å². The number of aliphatic hydroxyl groups is 1. The lowest BCUT2D eigenvalue weighted by molar-refractivity contribution is 0.225. The Labute approximate surface area is 95.6 Å². The van der Waals surface area contributed by atoms with Crippen molar-refractivity contribution in [3.8, 4) is 0 Å². The van der Waals surface area contributed by atoms with Crippen LogP contribution in [0.4, 0.5) is 0 Å². The normalized spacial score (nSPS) is 14.7. The minimum atomic E-state index is 0.339. The van der Waals surface area contributed by atoms with E-state index in [4.69, 9.17) is 5.11 Å². The number of hydrogen-bond donors (Lipinski definition) is 1. The van der Waals surface area contributed by atoms with Gasteiger partial charge in [0.25, 0.3) is 0 Å². The molecule has 2 atom stereocenters. The summed E-state index contributed by atoms with van der Waals surface area (Å²) < 4.78 is 0. The lowest BCUT2D eigenvalue weighted by Crippen LogP contribution is -2.02. The molecule has 0 saturated carbocycles. The molecule has 1 heteroatoms. The molecule has 0 aliphatic rings. The second-order valence-corrected chi connectivity index (χ2v) is 5.18. The molecule has 0 unspecified atom stereocenters. The van der Waals surface area contributed by atoms with Gasteiger partial charge in [0.1, 0.15) is 0 Å². The molecule has 0 saturated heterocycles. The van der Waals surface area contributed by atoms with Crippen LogP contribution in [0.15, 0.2) is 11.6 Å². The Morgan fingerprint density at radius 2 is 1.67 bits per heavy atom. The molecular weight excluding hydrogens is 184 g/mol. The Morgan fingerprint density at radius 1 is 1.07 bits per heavy atom. The molecule has 90 valence electrons. The summed E-state index contributed by atoms with van der Waals surface area (Å²) in [7, 11) is 0. The van der Waals surface area contributed by atoms with E-state index in [2.05, 4.69) is 33.8 Å². The fourth-order valence-corrected chi connectivity index (χ4v) is 1.71. The van der Waals surface area contributed by atoms with Crippen LogP contribution in [0.2, 0.25) is 0 Å². The molecule has 0 aliphatic carbocycles. The highest BCUT2D eigenvalue weighted by Gasteiger charge is 2.03. The van der Waals surface area contributed by atoms with Crippen LogP contribution < -0.4 is 0 Å². The summed E-state index contributed by atoms with van der Waals surface area (Å²) in [6.07, 6.45) is 8.59. The first kappa shape index (κ1) is 14.7. The third-order valence-corrected chi connectivity index (χ3v) is 2.92. The molecule has 0 amide bonds. The number of hydrogen-bond acceptors (Lipinski definition) is 1. The lowest BCUT2D eigenvalue weighted by atomic mass is 9.95. The molecule has 0 rings (SSSR count). The van der Waals surface area contributed by atoms with Crippen LogP contribution in [0.1, 0.15) is 59.8 Å². The predicted molar refractivity (Wildman–Crippen MR) is 67.9 cm³/mol. The van der Waals surface area contributed by atoms with Crippen molar-refractivity contribution >= 4 is 0 Å². The van der Waals surface area contributed by atoms with Crippen molar-refractivity contribution in [1.29, 1.82) is 0 Å². The molecular formula is C14H28O. The van der Waals surface area contributed by atoms with E-state index < -0.39 is 0 Å². The third-order valence-electron chi connectivity index (χ3n) is 2.92. The van der Waals surface area contributed by atoms with E-state index >= 15 is 0 Å². The fourth-order valence-electron chi connectivity index (χ4n) is 1.71. The first-order valence-corrected chi connectivity index (χ1v) is 6.30. The average molecular weight is 212 g/mol. The van der Waals surface area contributed by atoms with Crippen molar-refractivity contribution in [3.63, 3.8) is 0 Å². The molecule has 0 aromatic rings. The second-order valence-electron chi connectivity index (χ2n) is 5.18. The molecule has 0 aromatic heterocycles. The van der Waals surface area contributed by atoms with Crippen LogP contribution in [0.3, 0.4) is 0 Å². The van der Waals surface area contributed by atoms with E-state index in [0.717, 1.165) is 5.92 Å². The second kappa shape index (κ2) is 8.96. The molecule has 0 spiro atoms. The highest BCUT2D eigenvalue weighted by molar-refractivity contribution is 4.92. The highest BCUT2D eigenvalue weighted by atomic mass is 16.3. The Bertz CT molecular complexity index is 168. The van der Waals surface area contributed by atoms with Crippen molar-refractivity contribution in [2.24, 2.45) is 11.8 Å². The SMILES string of the molecule is CC(C)=CCC[C@@H](C)CCC[C@@H](C)CO. The van der Waals surface area contributed by atoms with Crippen LogP contribution in [-0.4, -0.2) is 11.7 Å². The summed E-state index contributed by atoms with van der Waals surface area (Å²) in [5.41, 5.74) is 1.43. The van der Waals surface area contributed by atoms with Crippen molar-refractivity contribution < 1.29 is 5.11 Å². The van der Waals surface area contributed by atoms with Crippen molar-refractivity contribution in [3.05, 3.63) is 11.6 Å². The molecule has 1 nitrogen and oxygen atoms in total. The van der Waals surface area contributed by atoms with Gasteiger partial charge in [-0.15, -0.1) is 0 Å². The lowest BCUT2D eigenvalue weighted by Gasteiger charge is -2.12. The Hall–Kier alpha value is -0.300. The molecule has 0 aliphatic heterocycles. The summed E-state index contributed by atoms with van der Waals surface area (Å²) in [4.78, 5) is 0. The zero-order valence-corrected chi connectivity index (χ0v) is 10.9. The van der Waals surface area contributed by atoms with Crippen molar-refractivity contribution in [1.82, 2.24) is 0 Å². The molecule has 15 heavy (non-hydrogen) atoms. The number of allylic oxidation sites excluding steroid dienone is 2. The van der Waals surface area contributed by atoms with E-state index in [0.29, 0.717) is 12.5 Å². The summed E-state index contributed by atoms with van der Waals surface area (Å²) >= 11 is 0. The van der Waals surface area contributed by atoms with Gasteiger partial charge in [0.2, 0.25) is 0 Å². The maximum Gasteiger partial charge on any atom is 0.0456 e. The first-order valence-electron chi connectivity index (χ1n) is 6.30. The van der Waals surface area contributed by atoms with E-state index in [1.165, 1.54) is 37.7 Å². The van der Waals surface area contributed by atoms with Gasteiger partial charge in [0, 0.05) is 6.61 Å². The standard InChI is InChI=1S/C14H28O/c1-12(2)7-5-8-13(3)9-6-10-14(4)11-15/h7,13-15H,5-6,8-11H2,1-4H3/t13-,14-/m1/s1. The van der Waals surface area contributed by atoms with Crippen LogP contribution in [0.5, 0.6) is 0 Å². The molecule has 1 N–H and O–H groups in total. The summed E-state index contributed by atoms with van der Waals surface area (Å²) in [5.74, 6) is 1.31. The van der Waals surface area contributed by atoms with Gasteiger partial charge in [-0.2, -0.15) is 0 Å². The Balaban J connectivity index is 3.41. The maximum absolute atomic E-state index is 8.89. The van der Waals surface area contributed by atoms with Crippen LogP contribution >= 0.6 is 0 Å². The van der Waals surface area contributed by atoms with Crippen LogP contribution in [0.25, 0.3) is 0 Å². The van der Waals surface area contributed by atoms with Gasteiger partial charge in [-0.05, 0) is 44.9 Å². The topological polar surface area (TPSA) is 20.2 Å². The first-order chi connectivity index (χ1) is 7.06. The predicted octanol–water partition coefficient (Wildman–Crippen LogP) is 4.17. The zero-order chi connectivity index (χ0) is 11.7. The zero-order valence-electron chi connectivity index (χ0n) is 10.9. The monoisotopic (exact) mass is 212 g/mol. The largest absolute Gasteiger partial charge is 0.396 e. The fraction of sp³-hybridized carbons (Fsp3) is 0.857. The van der Waals surface area contributed by atoms with Crippen molar-refractivity contribution in [2.75, 3.05) is 6.61 Å². The van der Waals surface area contributed by atoms with Gasteiger partial charge >= 0.3 is 0 Å². The van der Waals surface area contributed by atoms with Gasteiger partial charge in [-0.3, -0.25) is 0 Å². The Kier molecular flexibility index (Phi) is 8.79. The van der Waals surface area contributed by atoms with Crippen LogP contribution in [0, 0.1) is 11.8 Å². The quantitative estimate of drug-likeness (QED) is 0.599. The van der Waals surface area contributed by atoms with Crippen molar-refractivity contribution in [2.45, 2.75) is 59.8 Å². The van der Waals surface area contributed by atoms with E-state index in [1.54, 1.807) is 0 Å². The molecule has 0 radical (unpaired) electrons. The van der Waals surface area contributed by atoms with Gasteiger partial charge in [0.15, 0.2) is 0 Å². The van der Waals surface area contributed by atoms with Gasteiger partial charge in [-0.1, -0.05) is 38.3 Å². The molecule has 0 heterocycles. The number of aliphatic hydroxyl groups excluding tert-OH is 1. The number of rotatable bonds is 8. The van der Waals surface area contributed by atoms with Gasteiger partial charge in [-0.25, -0.2) is 0 Å². The third kappa shape index (κ3) is 9.99. The maximum atomic E-state index is 8.89. The van der Waals surface area contributed by atoms with E-state index in [-0.39, 0.29) is 0 Å². The summed E-state index contributed by atoms with van der Waals surface area (Å²) in [6, 6.07) is 0. The minimum absolute atomic E-state index is 0.339. The average Bonchev–Trinajstić information content (AvgIpc) is 2.17. The molecule has 0 aromatic carbocycles. The smallest absolute Gasteiger partial charge is 0.0456 e. The summed E-state index contributed by atoms with van der Waals surface area (Å²) in [5, 5.41) is 8.89. The molecule has 0 bridgehead atoms.